The summed E-state index contributed by atoms with van der Waals surface area (Å²) in [6.07, 6.45) is 2.89. The number of hydrogen-bond acceptors (Lipinski definition) is 3. The Bertz CT molecular complexity index is 667. The van der Waals surface area contributed by atoms with Crippen molar-refractivity contribution in [3.05, 3.63) is 28.8 Å². The van der Waals surface area contributed by atoms with Gasteiger partial charge in [0.25, 0.3) is 0 Å². The second-order valence-corrected chi connectivity index (χ2v) is 7.97. The number of nitrogens with one attached hydrogen (secondary N) is 1. The van der Waals surface area contributed by atoms with E-state index in [0.717, 1.165) is 19.3 Å². The first kappa shape index (κ1) is 16.3. The van der Waals surface area contributed by atoms with E-state index in [9.17, 15) is 8.42 Å². The van der Waals surface area contributed by atoms with Crippen LogP contribution in [0.4, 0.5) is 0 Å². The molecule has 0 amide bonds. The summed E-state index contributed by atoms with van der Waals surface area (Å²) in [5.41, 5.74) is 0.346. The molecule has 0 radical (unpaired) electrons. The van der Waals surface area contributed by atoms with Gasteiger partial charge in [-0.3, -0.25) is 0 Å². The number of nitrogens with zero attached hydrogens (tertiary/aromatic N) is 1. The minimum absolute atomic E-state index is 0.0361. The van der Waals surface area contributed by atoms with Crippen LogP contribution in [0.5, 0.6) is 0 Å². The Kier molecular flexibility index (Phi) is 4.92. The molecule has 1 fully saturated rings. The molecule has 0 aromatic heterocycles. The summed E-state index contributed by atoms with van der Waals surface area (Å²) in [5, 5.41) is 8.88. The van der Waals surface area contributed by atoms with Crippen LogP contribution in [0, 0.1) is 23.2 Å². The summed E-state index contributed by atoms with van der Waals surface area (Å²) in [7, 11) is -3.66. The van der Waals surface area contributed by atoms with Crippen LogP contribution in [0.15, 0.2) is 23.1 Å². The first-order valence-electron chi connectivity index (χ1n) is 7.05. The molecule has 1 N–H and O–H groups in total. The van der Waals surface area contributed by atoms with Gasteiger partial charge in [0.1, 0.15) is 4.90 Å². The number of sulfonamides is 1. The summed E-state index contributed by atoms with van der Waals surface area (Å²) in [6, 6.07) is 6.11. The maximum Gasteiger partial charge on any atom is 0.242 e. The fraction of sp³-hybridized carbons (Fsp3) is 0.533. The zero-order valence-corrected chi connectivity index (χ0v) is 13.7. The van der Waals surface area contributed by atoms with Crippen molar-refractivity contribution in [1.82, 2.24) is 4.72 Å². The average molecular weight is 327 g/mol. The molecule has 2 rings (SSSR count). The zero-order valence-electron chi connectivity index (χ0n) is 12.1. The van der Waals surface area contributed by atoms with Gasteiger partial charge in [0.15, 0.2) is 0 Å². The third-order valence-corrected chi connectivity index (χ3v) is 6.06. The van der Waals surface area contributed by atoms with Crippen LogP contribution < -0.4 is 4.72 Å². The number of hydrogen-bond donors (Lipinski definition) is 1. The Morgan fingerprint density at radius 1 is 1.33 bits per heavy atom. The van der Waals surface area contributed by atoms with Gasteiger partial charge in [-0.2, -0.15) is 5.26 Å². The van der Waals surface area contributed by atoms with Crippen molar-refractivity contribution in [2.24, 2.45) is 11.8 Å². The fourth-order valence-corrected chi connectivity index (χ4v) is 4.82. The molecule has 114 valence electrons. The maximum absolute atomic E-state index is 12.5. The van der Waals surface area contributed by atoms with Gasteiger partial charge in [-0.15, -0.1) is 0 Å². The van der Waals surface area contributed by atoms with Crippen molar-refractivity contribution < 1.29 is 8.42 Å². The highest BCUT2D eigenvalue weighted by Gasteiger charge is 2.30. The van der Waals surface area contributed by atoms with E-state index in [1.165, 1.54) is 18.2 Å². The number of nitriles is 1. The van der Waals surface area contributed by atoms with E-state index < -0.39 is 10.0 Å². The quantitative estimate of drug-likeness (QED) is 0.926. The lowest BCUT2D eigenvalue weighted by Gasteiger charge is -2.32. The Morgan fingerprint density at radius 3 is 2.62 bits per heavy atom. The van der Waals surface area contributed by atoms with E-state index in [4.69, 9.17) is 16.9 Å². The summed E-state index contributed by atoms with van der Waals surface area (Å²) in [6.45, 7) is 4.27. The minimum Gasteiger partial charge on any atom is -0.208 e. The smallest absolute Gasteiger partial charge is 0.208 e. The van der Waals surface area contributed by atoms with E-state index in [1.54, 1.807) is 0 Å². The highest BCUT2D eigenvalue weighted by molar-refractivity contribution is 7.89. The molecular formula is C15H19ClN2O2S. The molecule has 3 atom stereocenters. The highest BCUT2D eigenvalue weighted by Crippen LogP contribution is 2.30. The average Bonchev–Trinajstić information content (AvgIpc) is 2.41. The molecule has 4 nitrogen and oxygen atoms in total. The molecule has 1 saturated carbocycles. The van der Waals surface area contributed by atoms with E-state index in [-0.39, 0.29) is 16.0 Å². The molecule has 0 spiro atoms. The highest BCUT2D eigenvalue weighted by atomic mass is 35.5. The van der Waals surface area contributed by atoms with Crippen LogP contribution in [0.2, 0.25) is 5.02 Å². The largest absolute Gasteiger partial charge is 0.242 e. The molecule has 3 unspecified atom stereocenters. The van der Waals surface area contributed by atoms with Gasteiger partial charge >= 0.3 is 0 Å². The van der Waals surface area contributed by atoms with E-state index >= 15 is 0 Å². The minimum atomic E-state index is -3.66. The Morgan fingerprint density at radius 2 is 2.05 bits per heavy atom. The third-order valence-electron chi connectivity index (χ3n) is 4.09. The molecule has 0 bridgehead atoms. The van der Waals surface area contributed by atoms with Crippen LogP contribution in [-0.2, 0) is 10.0 Å². The summed E-state index contributed by atoms with van der Waals surface area (Å²) < 4.78 is 27.7. The van der Waals surface area contributed by atoms with Crippen LogP contribution in [0.3, 0.4) is 0 Å². The monoisotopic (exact) mass is 326 g/mol. The van der Waals surface area contributed by atoms with Gasteiger partial charge in [-0.25, -0.2) is 13.1 Å². The number of rotatable bonds is 3. The molecular weight excluding hydrogens is 308 g/mol. The molecule has 1 aromatic carbocycles. The second-order valence-electron chi connectivity index (χ2n) is 5.88. The topological polar surface area (TPSA) is 70.0 Å². The van der Waals surface area contributed by atoms with Crippen molar-refractivity contribution in [2.75, 3.05) is 0 Å². The van der Waals surface area contributed by atoms with Crippen molar-refractivity contribution in [3.8, 4) is 6.07 Å². The second kappa shape index (κ2) is 6.35. The summed E-state index contributed by atoms with van der Waals surface area (Å²) in [4.78, 5) is 0.0361. The number of halogens is 1. The van der Waals surface area contributed by atoms with Crippen LogP contribution in [0.1, 0.15) is 38.7 Å². The van der Waals surface area contributed by atoms with Gasteiger partial charge in [0.2, 0.25) is 10.0 Å². The fourth-order valence-electron chi connectivity index (χ4n) is 2.89. The summed E-state index contributed by atoms with van der Waals surface area (Å²) in [5.74, 6) is 0.944. The van der Waals surface area contributed by atoms with E-state index in [2.05, 4.69) is 18.6 Å². The molecule has 1 aliphatic rings. The van der Waals surface area contributed by atoms with E-state index in [0.29, 0.717) is 17.4 Å². The van der Waals surface area contributed by atoms with Crippen LogP contribution in [0.25, 0.3) is 0 Å². The summed E-state index contributed by atoms with van der Waals surface area (Å²) >= 11 is 6.00. The molecule has 1 aliphatic carbocycles. The maximum atomic E-state index is 12.5. The first-order valence-corrected chi connectivity index (χ1v) is 8.91. The zero-order chi connectivity index (χ0) is 15.6. The SMILES string of the molecule is CC1CCC(NS(=O)(=O)c2ccc(C#N)cc2Cl)C(C)C1. The van der Waals surface area contributed by atoms with Gasteiger partial charge in [0.05, 0.1) is 16.7 Å². The molecule has 1 aromatic rings. The predicted molar refractivity (Wildman–Crippen MR) is 82.5 cm³/mol. The molecule has 0 heterocycles. The Hall–Kier alpha value is -1.09. The normalized spacial score (nSPS) is 26.3. The van der Waals surface area contributed by atoms with Gasteiger partial charge in [-0.05, 0) is 49.3 Å². The molecule has 0 saturated heterocycles. The number of benzene rings is 1. The Balaban J connectivity index is 2.21. The van der Waals surface area contributed by atoms with Crippen molar-refractivity contribution in [2.45, 2.75) is 44.0 Å². The lowest BCUT2D eigenvalue weighted by molar-refractivity contribution is 0.249. The standard InChI is InChI=1S/C15H19ClN2O2S/c1-10-3-5-14(11(2)7-10)18-21(19,20)15-6-4-12(9-17)8-13(15)16/h4,6,8,10-11,14,18H,3,5,7H2,1-2H3. The molecule has 21 heavy (non-hydrogen) atoms. The Labute approximate surface area is 131 Å². The lowest BCUT2D eigenvalue weighted by Crippen LogP contribution is -2.42. The van der Waals surface area contributed by atoms with Gasteiger partial charge < -0.3 is 0 Å². The van der Waals surface area contributed by atoms with Crippen molar-refractivity contribution in [3.63, 3.8) is 0 Å². The third kappa shape index (κ3) is 3.76. The van der Waals surface area contributed by atoms with Crippen molar-refractivity contribution >= 4 is 21.6 Å². The molecule has 6 heteroatoms. The van der Waals surface area contributed by atoms with Crippen LogP contribution in [-0.4, -0.2) is 14.5 Å². The van der Waals surface area contributed by atoms with Gasteiger partial charge in [-0.1, -0.05) is 25.4 Å². The lowest BCUT2D eigenvalue weighted by atomic mass is 9.80. The van der Waals surface area contributed by atoms with Crippen LogP contribution >= 0.6 is 11.6 Å². The van der Waals surface area contributed by atoms with Gasteiger partial charge in [0, 0.05) is 6.04 Å². The predicted octanol–water partition coefficient (Wildman–Crippen LogP) is 3.31. The molecule has 0 aliphatic heterocycles. The first-order chi connectivity index (χ1) is 9.83. The van der Waals surface area contributed by atoms with Crippen molar-refractivity contribution in [1.29, 1.82) is 5.26 Å². The van der Waals surface area contributed by atoms with E-state index in [1.807, 2.05) is 6.07 Å².